The average Bonchev–Trinajstić information content (AvgIpc) is 2.18. The molecule has 15 heavy (non-hydrogen) atoms. The summed E-state index contributed by atoms with van der Waals surface area (Å²) in [6.07, 6.45) is 1.05. The monoisotopic (exact) mass is 226 g/mol. The number of nitrogens with two attached hydrogens (primary N) is 1. The molecule has 0 aliphatic heterocycles. The Morgan fingerprint density at radius 3 is 2.80 bits per heavy atom. The van der Waals surface area contributed by atoms with Crippen LogP contribution in [-0.2, 0) is 0 Å². The van der Waals surface area contributed by atoms with E-state index in [0.717, 1.165) is 0 Å². The third kappa shape index (κ3) is 3.17. The van der Waals surface area contributed by atoms with E-state index in [1.807, 2.05) is 6.92 Å². The van der Waals surface area contributed by atoms with Crippen molar-refractivity contribution < 1.29 is 5.11 Å². The number of hydrogen-bond acceptors (Lipinski definition) is 5. The Morgan fingerprint density at radius 1 is 1.60 bits per heavy atom. The highest BCUT2D eigenvalue weighted by Gasteiger charge is 2.15. The van der Waals surface area contributed by atoms with Crippen LogP contribution in [0.25, 0.3) is 0 Å². The van der Waals surface area contributed by atoms with Gasteiger partial charge in [-0.1, -0.05) is 18.7 Å². The molecule has 0 radical (unpaired) electrons. The van der Waals surface area contributed by atoms with E-state index in [9.17, 15) is 5.11 Å². The molecule has 0 bridgehead atoms. The Hall–Kier alpha value is -1.14. The second kappa shape index (κ2) is 5.09. The zero-order valence-corrected chi connectivity index (χ0v) is 9.45. The van der Waals surface area contributed by atoms with Crippen molar-refractivity contribution in [1.29, 1.82) is 5.41 Å². The molecule has 0 aromatic carbocycles. The van der Waals surface area contributed by atoms with Gasteiger partial charge in [0.15, 0.2) is 0 Å². The zero-order chi connectivity index (χ0) is 11.4. The van der Waals surface area contributed by atoms with Crippen molar-refractivity contribution in [2.45, 2.75) is 30.2 Å². The van der Waals surface area contributed by atoms with Gasteiger partial charge in [-0.2, -0.15) is 5.10 Å². The van der Waals surface area contributed by atoms with Crippen LogP contribution < -0.4 is 5.73 Å². The van der Waals surface area contributed by atoms with E-state index < -0.39 is 6.10 Å². The molecule has 2 atom stereocenters. The maximum Gasteiger partial charge on any atom is 0.130 e. The molecule has 4 N–H and O–H groups in total. The maximum absolute atomic E-state index is 9.36. The van der Waals surface area contributed by atoms with E-state index >= 15 is 0 Å². The Kier molecular flexibility index (Phi) is 4.05. The molecule has 2 unspecified atom stereocenters. The summed E-state index contributed by atoms with van der Waals surface area (Å²) in [5.74, 6) is -0.0369. The van der Waals surface area contributed by atoms with E-state index in [-0.39, 0.29) is 11.1 Å². The minimum Gasteiger partial charge on any atom is -0.392 e. The number of rotatable bonds is 4. The first-order chi connectivity index (χ1) is 7.02. The van der Waals surface area contributed by atoms with Gasteiger partial charge < -0.3 is 10.8 Å². The highest BCUT2D eigenvalue weighted by Crippen LogP contribution is 2.25. The highest BCUT2D eigenvalue weighted by molar-refractivity contribution is 8.00. The van der Waals surface area contributed by atoms with Crippen LogP contribution in [0, 0.1) is 5.41 Å². The fraction of sp³-hybridized carbons (Fsp3) is 0.444. The predicted molar refractivity (Wildman–Crippen MR) is 60.0 cm³/mol. The summed E-state index contributed by atoms with van der Waals surface area (Å²) in [5.41, 5.74) is 5.96. The summed E-state index contributed by atoms with van der Waals surface area (Å²) in [7, 11) is 0. The number of nitrogens with one attached hydrogen (secondary N) is 1. The van der Waals surface area contributed by atoms with E-state index in [4.69, 9.17) is 11.1 Å². The largest absolute Gasteiger partial charge is 0.392 e. The van der Waals surface area contributed by atoms with Gasteiger partial charge in [-0.15, -0.1) is 5.10 Å². The van der Waals surface area contributed by atoms with Crippen molar-refractivity contribution in [3.63, 3.8) is 0 Å². The van der Waals surface area contributed by atoms with Gasteiger partial charge in [0.2, 0.25) is 0 Å². The number of thioether (sulfide) groups is 1. The fourth-order valence-corrected chi connectivity index (χ4v) is 1.83. The Balaban J connectivity index is 2.89. The number of nitrogen functional groups attached to an aromatic ring is 1. The third-order valence-electron chi connectivity index (χ3n) is 1.95. The molecule has 0 aliphatic rings. The molecule has 0 aliphatic carbocycles. The van der Waals surface area contributed by atoms with E-state index in [1.54, 1.807) is 13.0 Å². The van der Waals surface area contributed by atoms with Crippen LogP contribution in [0.15, 0.2) is 17.3 Å². The lowest BCUT2D eigenvalue weighted by molar-refractivity contribution is 0.196. The minimum absolute atomic E-state index is 0.0141. The van der Waals surface area contributed by atoms with Gasteiger partial charge in [-0.3, -0.25) is 5.41 Å². The van der Waals surface area contributed by atoms with Crippen LogP contribution >= 0.6 is 11.8 Å². The molecule has 0 saturated carbocycles. The van der Waals surface area contributed by atoms with Crippen LogP contribution in [0.5, 0.6) is 0 Å². The molecule has 0 amide bonds. The molecular formula is C9H14N4OS. The Bertz CT molecular complexity index is 356. The number of aliphatic hydroxyl groups excluding tert-OH is 1. The smallest absolute Gasteiger partial charge is 0.130 e. The van der Waals surface area contributed by atoms with Gasteiger partial charge >= 0.3 is 0 Å². The maximum atomic E-state index is 9.36. The molecule has 6 heteroatoms. The van der Waals surface area contributed by atoms with Crippen LogP contribution in [0.3, 0.4) is 0 Å². The second-order valence-corrected chi connectivity index (χ2v) is 4.59. The van der Waals surface area contributed by atoms with E-state index in [2.05, 4.69) is 10.2 Å². The molecule has 1 rings (SSSR count). The van der Waals surface area contributed by atoms with Gasteiger partial charge in [-0.05, 0) is 13.0 Å². The first-order valence-electron chi connectivity index (χ1n) is 4.53. The minimum atomic E-state index is -0.447. The molecule has 0 saturated heterocycles. The topological polar surface area (TPSA) is 95.9 Å². The zero-order valence-electron chi connectivity index (χ0n) is 8.64. The number of aromatic nitrogens is 2. The summed E-state index contributed by atoms with van der Waals surface area (Å²) < 4.78 is 0. The summed E-state index contributed by atoms with van der Waals surface area (Å²) in [6, 6.07) is 1.65. The number of amidine groups is 1. The average molecular weight is 226 g/mol. The van der Waals surface area contributed by atoms with Crippen molar-refractivity contribution in [1.82, 2.24) is 10.2 Å². The first-order valence-corrected chi connectivity index (χ1v) is 5.41. The first kappa shape index (κ1) is 11.9. The SMILES string of the molecule is CC(O)C(C)Sc1nnccc1C(=N)N. The standard InChI is InChI=1S/C9H14N4OS/c1-5(14)6(2)15-9-7(8(10)11)3-4-12-13-9/h3-6,14H,1-2H3,(H3,10,11). The Morgan fingerprint density at radius 2 is 2.27 bits per heavy atom. The lowest BCUT2D eigenvalue weighted by Gasteiger charge is -2.14. The van der Waals surface area contributed by atoms with Gasteiger partial charge in [0.05, 0.1) is 17.9 Å². The van der Waals surface area contributed by atoms with Crippen LogP contribution in [-0.4, -0.2) is 32.5 Å². The molecule has 1 aromatic heterocycles. The van der Waals surface area contributed by atoms with Crippen LogP contribution in [0.1, 0.15) is 19.4 Å². The summed E-state index contributed by atoms with van der Waals surface area (Å²) in [5, 5.41) is 24.9. The van der Waals surface area contributed by atoms with Crippen molar-refractivity contribution in [2.75, 3.05) is 0 Å². The highest BCUT2D eigenvalue weighted by atomic mass is 32.2. The number of nitrogens with zero attached hydrogens (tertiary/aromatic N) is 2. The van der Waals surface area contributed by atoms with Crippen molar-refractivity contribution in [2.24, 2.45) is 5.73 Å². The summed E-state index contributed by atoms with van der Waals surface area (Å²) >= 11 is 1.36. The van der Waals surface area contributed by atoms with Gasteiger partial charge in [-0.25, -0.2) is 0 Å². The van der Waals surface area contributed by atoms with Crippen molar-refractivity contribution in [3.05, 3.63) is 17.8 Å². The lowest BCUT2D eigenvalue weighted by atomic mass is 10.3. The number of hydrogen-bond donors (Lipinski definition) is 3. The predicted octanol–water partition coefficient (Wildman–Crippen LogP) is 0.622. The second-order valence-electron chi connectivity index (χ2n) is 3.23. The van der Waals surface area contributed by atoms with E-state index in [0.29, 0.717) is 10.6 Å². The van der Waals surface area contributed by atoms with Crippen molar-refractivity contribution in [3.8, 4) is 0 Å². The fourth-order valence-electron chi connectivity index (χ4n) is 0.885. The molecule has 0 spiro atoms. The Labute approximate surface area is 92.6 Å². The molecule has 0 fully saturated rings. The molecule has 1 aromatic rings. The van der Waals surface area contributed by atoms with Crippen molar-refractivity contribution >= 4 is 17.6 Å². The number of aliphatic hydroxyl groups is 1. The third-order valence-corrected chi connectivity index (χ3v) is 3.24. The quantitative estimate of drug-likeness (QED) is 0.397. The van der Waals surface area contributed by atoms with Crippen LogP contribution in [0.4, 0.5) is 0 Å². The van der Waals surface area contributed by atoms with Gasteiger partial charge in [0, 0.05) is 5.25 Å². The molecule has 1 heterocycles. The van der Waals surface area contributed by atoms with Gasteiger partial charge in [0.25, 0.3) is 0 Å². The molecule has 5 nitrogen and oxygen atoms in total. The van der Waals surface area contributed by atoms with Crippen LogP contribution in [0.2, 0.25) is 0 Å². The normalized spacial score (nSPS) is 14.6. The van der Waals surface area contributed by atoms with Gasteiger partial charge in [0.1, 0.15) is 10.9 Å². The molecular weight excluding hydrogens is 212 g/mol. The summed E-state index contributed by atoms with van der Waals surface area (Å²) in [4.78, 5) is 0. The lowest BCUT2D eigenvalue weighted by Crippen LogP contribution is -2.18. The molecule has 82 valence electrons. The van der Waals surface area contributed by atoms with E-state index in [1.165, 1.54) is 18.0 Å². The summed E-state index contributed by atoms with van der Waals surface area (Å²) in [6.45, 7) is 3.59.